The molecule has 2 rings (SSSR count). The van der Waals surface area contributed by atoms with Crippen LogP contribution in [0, 0.1) is 0 Å². The lowest BCUT2D eigenvalue weighted by molar-refractivity contribution is 0.521. The van der Waals surface area contributed by atoms with Gasteiger partial charge in [-0.15, -0.1) is 0 Å². The van der Waals surface area contributed by atoms with Gasteiger partial charge in [0.15, 0.2) is 0 Å². The fourth-order valence-corrected chi connectivity index (χ4v) is 2.57. The molecule has 0 saturated carbocycles. The molecule has 0 amide bonds. The summed E-state index contributed by atoms with van der Waals surface area (Å²) in [6.45, 7) is 3.13. The van der Waals surface area contributed by atoms with Crippen LogP contribution < -0.4 is 5.32 Å². The van der Waals surface area contributed by atoms with Crippen LogP contribution in [0.3, 0.4) is 0 Å². The van der Waals surface area contributed by atoms with E-state index in [0.29, 0.717) is 6.04 Å². The number of rotatable bonds is 6. The molecule has 0 aliphatic heterocycles. The van der Waals surface area contributed by atoms with Crippen molar-refractivity contribution in [3.05, 3.63) is 70.7 Å². The van der Waals surface area contributed by atoms with Gasteiger partial charge in [-0.05, 0) is 42.6 Å². The number of benzene rings is 2. The van der Waals surface area contributed by atoms with Crippen molar-refractivity contribution in [3.63, 3.8) is 0 Å². The average Bonchev–Trinajstić information content (AvgIpc) is 2.40. The summed E-state index contributed by atoms with van der Waals surface area (Å²) < 4.78 is 0. The maximum atomic E-state index is 6.05. The normalized spacial score (nSPS) is 12.3. The average molecular weight is 274 g/mol. The first kappa shape index (κ1) is 14.1. The maximum absolute atomic E-state index is 6.05. The zero-order valence-electron chi connectivity index (χ0n) is 11.3. The second-order valence-electron chi connectivity index (χ2n) is 4.78. The van der Waals surface area contributed by atoms with Gasteiger partial charge in [0.05, 0.1) is 0 Å². The lowest BCUT2D eigenvalue weighted by Crippen LogP contribution is -2.33. The first-order valence-corrected chi connectivity index (χ1v) is 7.17. The van der Waals surface area contributed by atoms with E-state index in [1.54, 1.807) is 0 Å². The van der Waals surface area contributed by atoms with Crippen LogP contribution in [0.15, 0.2) is 54.6 Å². The monoisotopic (exact) mass is 273 g/mol. The van der Waals surface area contributed by atoms with Crippen LogP contribution in [-0.4, -0.2) is 12.6 Å². The molecular weight excluding hydrogens is 254 g/mol. The van der Waals surface area contributed by atoms with Crippen molar-refractivity contribution >= 4 is 11.6 Å². The molecule has 2 aromatic carbocycles. The van der Waals surface area contributed by atoms with Crippen molar-refractivity contribution in [1.29, 1.82) is 0 Å². The maximum Gasteiger partial charge on any atom is 0.0408 e. The molecule has 1 nitrogen and oxygen atoms in total. The van der Waals surface area contributed by atoms with Gasteiger partial charge >= 0.3 is 0 Å². The van der Waals surface area contributed by atoms with Crippen LogP contribution in [0.5, 0.6) is 0 Å². The Morgan fingerprint density at radius 2 is 1.63 bits per heavy atom. The number of likely N-dealkylation sites (N-methyl/N-ethyl adjacent to an activating group) is 1. The van der Waals surface area contributed by atoms with E-state index in [1.807, 2.05) is 12.1 Å². The Balaban J connectivity index is 2.04. The molecule has 0 saturated heterocycles. The largest absolute Gasteiger partial charge is 0.314 e. The Morgan fingerprint density at radius 1 is 0.947 bits per heavy atom. The third-order valence-electron chi connectivity index (χ3n) is 3.19. The Bertz CT molecular complexity index is 496. The van der Waals surface area contributed by atoms with Crippen molar-refractivity contribution in [2.45, 2.75) is 25.8 Å². The zero-order valence-corrected chi connectivity index (χ0v) is 12.0. The molecule has 2 aromatic rings. The van der Waals surface area contributed by atoms with E-state index in [9.17, 15) is 0 Å². The van der Waals surface area contributed by atoms with Crippen molar-refractivity contribution in [2.24, 2.45) is 0 Å². The van der Waals surface area contributed by atoms with Crippen LogP contribution >= 0.6 is 11.6 Å². The summed E-state index contributed by atoms with van der Waals surface area (Å²) in [5.74, 6) is 0. The van der Waals surface area contributed by atoms with E-state index in [1.165, 1.54) is 11.1 Å². The molecule has 0 bridgehead atoms. The minimum absolute atomic E-state index is 0.450. The molecular formula is C17H20ClN. The molecule has 0 spiro atoms. The highest BCUT2D eigenvalue weighted by Gasteiger charge is 2.09. The van der Waals surface area contributed by atoms with Crippen molar-refractivity contribution in [3.8, 4) is 0 Å². The summed E-state index contributed by atoms with van der Waals surface area (Å²) in [5.41, 5.74) is 2.66. The van der Waals surface area contributed by atoms with Gasteiger partial charge in [-0.2, -0.15) is 0 Å². The summed E-state index contributed by atoms with van der Waals surface area (Å²) in [6, 6.07) is 19.2. The first-order valence-electron chi connectivity index (χ1n) is 6.79. The Labute approximate surface area is 120 Å². The highest BCUT2D eigenvalue weighted by molar-refractivity contribution is 6.30. The van der Waals surface area contributed by atoms with Gasteiger partial charge in [-0.1, -0.05) is 61.0 Å². The van der Waals surface area contributed by atoms with Gasteiger partial charge in [-0.25, -0.2) is 0 Å². The van der Waals surface area contributed by atoms with Gasteiger partial charge in [0, 0.05) is 11.1 Å². The van der Waals surface area contributed by atoms with Crippen LogP contribution in [-0.2, 0) is 12.8 Å². The predicted molar refractivity (Wildman–Crippen MR) is 82.8 cm³/mol. The molecule has 0 fully saturated rings. The van der Waals surface area contributed by atoms with Gasteiger partial charge in [0.1, 0.15) is 0 Å². The number of hydrogen-bond donors (Lipinski definition) is 1. The second kappa shape index (κ2) is 7.32. The number of hydrogen-bond acceptors (Lipinski definition) is 1. The molecule has 1 unspecified atom stereocenters. The SMILES string of the molecule is CCNC(Cc1ccccc1)Cc1cccc(Cl)c1. The first-order chi connectivity index (χ1) is 9.28. The highest BCUT2D eigenvalue weighted by atomic mass is 35.5. The third kappa shape index (κ3) is 4.70. The molecule has 100 valence electrons. The van der Waals surface area contributed by atoms with E-state index >= 15 is 0 Å². The summed E-state index contributed by atoms with van der Waals surface area (Å²) in [6.07, 6.45) is 2.05. The quantitative estimate of drug-likeness (QED) is 0.835. The van der Waals surface area contributed by atoms with E-state index < -0.39 is 0 Å². The molecule has 2 heteroatoms. The summed E-state index contributed by atoms with van der Waals surface area (Å²) in [5, 5.41) is 4.37. The summed E-state index contributed by atoms with van der Waals surface area (Å²) >= 11 is 6.05. The minimum atomic E-state index is 0.450. The highest BCUT2D eigenvalue weighted by Crippen LogP contribution is 2.14. The van der Waals surface area contributed by atoms with Gasteiger partial charge < -0.3 is 5.32 Å². The van der Waals surface area contributed by atoms with Gasteiger partial charge in [0.2, 0.25) is 0 Å². The number of nitrogens with one attached hydrogen (secondary N) is 1. The molecule has 1 N–H and O–H groups in total. The van der Waals surface area contributed by atoms with Crippen molar-refractivity contribution in [1.82, 2.24) is 5.32 Å². The molecule has 1 atom stereocenters. The van der Waals surface area contributed by atoms with Crippen molar-refractivity contribution < 1.29 is 0 Å². The molecule has 0 heterocycles. The van der Waals surface area contributed by atoms with Crippen LogP contribution in [0.2, 0.25) is 5.02 Å². The summed E-state index contributed by atoms with van der Waals surface area (Å²) in [4.78, 5) is 0. The predicted octanol–water partition coefficient (Wildman–Crippen LogP) is 4.10. The van der Waals surface area contributed by atoms with Crippen LogP contribution in [0.1, 0.15) is 18.1 Å². The zero-order chi connectivity index (χ0) is 13.5. The van der Waals surface area contributed by atoms with Crippen LogP contribution in [0.25, 0.3) is 0 Å². The Morgan fingerprint density at radius 3 is 2.32 bits per heavy atom. The number of halogens is 1. The van der Waals surface area contributed by atoms with Gasteiger partial charge in [0.25, 0.3) is 0 Å². The lowest BCUT2D eigenvalue weighted by Gasteiger charge is -2.18. The minimum Gasteiger partial charge on any atom is -0.314 e. The molecule has 0 aliphatic carbocycles. The van der Waals surface area contributed by atoms with E-state index in [2.05, 4.69) is 54.7 Å². The van der Waals surface area contributed by atoms with E-state index in [-0.39, 0.29) is 0 Å². The van der Waals surface area contributed by atoms with E-state index in [0.717, 1.165) is 24.4 Å². The third-order valence-corrected chi connectivity index (χ3v) is 3.42. The fourth-order valence-electron chi connectivity index (χ4n) is 2.35. The summed E-state index contributed by atoms with van der Waals surface area (Å²) in [7, 11) is 0. The molecule has 19 heavy (non-hydrogen) atoms. The Hall–Kier alpha value is -1.31. The standard InChI is InChI=1S/C17H20ClN/c1-2-19-17(12-14-7-4-3-5-8-14)13-15-9-6-10-16(18)11-15/h3-11,17,19H,2,12-13H2,1H3. The lowest BCUT2D eigenvalue weighted by atomic mass is 9.99. The smallest absolute Gasteiger partial charge is 0.0408 e. The van der Waals surface area contributed by atoms with Crippen LogP contribution in [0.4, 0.5) is 0 Å². The van der Waals surface area contributed by atoms with E-state index in [4.69, 9.17) is 11.6 Å². The fraction of sp³-hybridized carbons (Fsp3) is 0.294. The Kier molecular flexibility index (Phi) is 5.44. The molecule has 0 aliphatic rings. The van der Waals surface area contributed by atoms with Crippen molar-refractivity contribution in [2.75, 3.05) is 6.54 Å². The van der Waals surface area contributed by atoms with Gasteiger partial charge in [-0.3, -0.25) is 0 Å². The molecule has 0 radical (unpaired) electrons. The molecule has 0 aromatic heterocycles. The second-order valence-corrected chi connectivity index (χ2v) is 5.21. The topological polar surface area (TPSA) is 12.0 Å².